The first-order valence-corrected chi connectivity index (χ1v) is 14.9. The van der Waals surface area contributed by atoms with Gasteiger partial charge in [-0.15, -0.1) is 11.3 Å². The Labute approximate surface area is 243 Å². The zero-order valence-electron chi connectivity index (χ0n) is 22.2. The maximum absolute atomic E-state index is 13.3. The smallest absolute Gasteiger partial charge is 0.301 e. The van der Waals surface area contributed by atoms with E-state index in [2.05, 4.69) is 20.2 Å². The summed E-state index contributed by atoms with van der Waals surface area (Å²) in [4.78, 5) is 42.0. The van der Waals surface area contributed by atoms with Crippen LogP contribution in [0, 0.1) is 5.82 Å². The number of amides is 1. The van der Waals surface area contributed by atoms with E-state index in [1.54, 1.807) is 12.0 Å². The number of nitrogens with one attached hydrogen (secondary N) is 1. The van der Waals surface area contributed by atoms with Gasteiger partial charge in [0.1, 0.15) is 11.6 Å². The molecule has 14 heteroatoms. The van der Waals surface area contributed by atoms with Gasteiger partial charge in [0, 0.05) is 43.2 Å². The van der Waals surface area contributed by atoms with Gasteiger partial charge in [0.25, 0.3) is 5.12 Å². The molecule has 1 aromatic carbocycles. The van der Waals surface area contributed by atoms with Gasteiger partial charge in [0.15, 0.2) is 10.9 Å². The van der Waals surface area contributed by atoms with Crippen LogP contribution in [0.5, 0.6) is 5.75 Å². The van der Waals surface area contributed by atoms with Crippen molar-refractivity contribution in [3.63, 3.8) is 0 Å². The van der Waals surface area contributed by atoms with Gasteiger partial charge in [-0.1, -0.05) is 23.9 Å². The largest absolute Gasteiger partial charge is 0.497 e. The lowest BCUT2D eigenvalue weighted by Gasteiger charge is -2.28. The molecule has 6 rings (SSSR count). The topological polar surface area (TPSA) is 118 Å². The molecule has 0 bridgehead atoms. The Morgan fingerprint density at radius 1 is 1.05 bits per heavy atom. The summed E-state index contributed by atoms with van der Waals surface area (Å²) in [5.74, 6) is 1.74. The normalized spacial score (nSPS) is 15.0. The fourth-order valence-electron chi connectivity index (χ4n) is 4.92. The maximum Gasteiger partial charge on any atom is 0.301 e. The van der Waals surface area contributed by atoms with Gasteiger partial charge in [-0.3, -0.25) is 9.59 Å². The number of halogens is 1. The minimum atomic E-state index is -0.505. The fraction of sp³-hybridized carbons (Fsp3) is 0.333. The highest BCUT2D eigenvalue weighted by Crippen LogP contribution is 2.40. The number of hydrogen-bond donors (Lipinski definition) is 1. The first kappa shape index (κ1) is 27.1. The number of carbonyl (C=O) groups excluding carboxylic acids is 2. The molecule has 11 nitrogen and oxygen atoms in total. The van der Waals surface area contributed by atoms with Gasteiger partial charge >= 0.3 is 5.91 Å². The first-order valence-electron chi connectivity index (χ1n) is 13.1. The van der Waals surface area contributed by atoms with Gasteiger partial charge in [0.05, 0.1) is 43.5 Å². The molecular formula is C27H27FN8O3S2. The van der Waals surface area contributed by atoms with Crippen molar-refractivity contribution in [3.8, 4) is 17.0 Å². The van der Waals surface area contributed by atoms with E-state index < -0.39 is 11.7 Å². The molecule has 0 aliphatic carbocycles. The van der Waals surface area contributed by atoms with E-state index in [-0.39, 0.29) is 11.1 Å². The number of fused-ring (bicyclic) bond motifs is 3. The summed E-state index contributed by atoms with van der Waals surface area (Å²) in [5.41, 5.74) is 2.83. The lowest BCUT2D eigenvalue weighted by atomic mass is 10.2. The lowest BCUT2D eigenvalue weighted by molar-refractivity contribution is -0.140. The molecule has 41 heavy (non-hydrogen) atoms. The number of benzene rings is 1. The monoisotopic (exact) mass is 594 g/mol. The predicted molar refractivity (Wildman–Crippen MR) is 155 cm³/mol. The van der Waals surface area contributed by atoms with Crippen molar-refractivity contribution in [1.29, 1.82) is 0 Å². The van der Waals surface area contributed by atoms with E-state index in [0.717, 1.165) is 70.4 Å². The average molecular weight is 595 g/mol. The Bertz CT molecular complexity index is 1560. The summed E-state index contributed by atoms with van der Waals surface area (Å²) < 4.78 is 20.5. The van der Waals surface area contributed by atoms with Crippen molar-refractivity contribution in [2.24, 2.45) is 0 Å². The molecule has 212 valence electrons. The molecular weight excluding hydrogens is 567 g/mol. The molecule has 5 heterocycles. The van der Waals surface area contributed by atoms with Crippen LogP contribution in [0.3, 0.4) is 0 Å². The number of rotatable bonds is 9. The highest BCUT2D eigenvalue weighted by atomic mass is 32.2. The molecule has 0 atom stereocenters. The molecule has 0 unspecified atom stereocenters. The molecule has 2 aliphatic heterocycles. The van der Waals surface area contributed by atoms with Crippen LogP contribution in [0.25, 0.3) is 11.3 Å². The Kier molecular flexibility index (Phi) is 7.83. The van der Waals surface area contributed by atoms with Crippen LogP contribution in [0.2, 0.25) is 0 Å². The predicted octanol–water partition coefficient (Wildman–Crippen LogP) is 3.59. The number of nitrogens with zero attached hydrogens (tertiary/aromatic N) is 7. The summed E-state index contributed by atoms with van der Waals surface area (Å²) in [6.07, 6.45) is 5.54. The van der Waals surface area contributed by atoms with Crippen LogP contribution in [-0.4, -0.2) is 79.7 Å². The average Bonchev–Trinajstić information content (AvgIpc) is 3.54. The molecule has 4 aromatic rings. The Balaban J connectivity index is 1.27. The van der Waals surface area contributed by atoms with E-state index in [9.17, 15) is 14.0 Å². The van der Waals surface area contributed by atoms with Crippen LogP contribution in [0.15, 0.2) is 42.9 Å². The van der Waals surface area contributed by atoms with E-state index in [0.29, 0.717) is 43.5 Å². The van der Waals surface area contributed by atoms with Crippen molar-refractivity contribution >= 4 is 51.0 Å². The van der Waals surface area contributed by atoms with Crippen LogP contribution in [-0.2, 0) is 22.6 Å². The maximum atomic E-state index is 13.3. The second-order valence-electron chi connectivity index (χ2n) is 9.55. The molecule has 0 radical (unpaired) electrons. The number of anilines is 3. The summed E-state index contributed by atoms with van der Waals surface area (Å²) in [6, 6.07) is 7.89. The third-order valence-electron chi connectivity index (χ3n) is 6.92. The highest BCUT2D eigenvalue weighted by Gasteiger charge is 2.29. The van der Waals surface area contributed by atoms with Gasteiger partial charge in [-0.25, -0.2) is 24.0 Å². The van der Waals surface area contributed by atoms with Gasteiger partial charge in [-0.2, -0.15) is 5.10 Å². The van der Waals surface area contributed by atoms with Crippen molar-refractivity contribution in [1.82, 2.24) is 29.6 Å². The Morgan fingerprint density at radius 3 is 2.61 bits per heavy atom. The summed E-state index contributed by atoms with van der Waals surface area (Å²) in [7, 11) is 1.64. The molecule has 1 fully saturated rings. The lowest BCUT2D eigenvalue weighted by Crippen LogP contribution is -2.42. The Morgan fingerprint density at radius 2 is 1.83 bits per heavy atom. The van der Waals surface area contributed by atoms with Crippen molar-refractivity contribution in [2.45, 2.75) is 19.4 Å². The second-order valence-corrected chi connectivity index (χ2v) is 11.7. The standard InChI is InChI=1S/C27H27FN8O3S2/c1-39-19-5-3-17(4-6-19)16-36-23-20(15-31-36)22-21(41-27(32-22)33-26-29-13-18(28)14-30-26)7-10-34(23)8-2-9-35-11-12-40-25(38)24(35)37/h3-6,13-15H,2,7-12,16H2,1H3,(H,29,30,32,33). The van der Waals surface area contributed by atoms with E-state index in [1.807, 2.05) is 35.1 Å². The Hall–Kier alpha value is -4.04. The van der Waals surface area contributed by atoms with E-state index in [1.165, 1.54) is 11.3 Å². The highest BCUT2D eigenvalue weighted by molar-refractivity contribution is 8.15. The number of hydrogen-bond acceptors (Lipinski definition) is 11. The third kappa shape index (κ3) is 5.88. The fourth-order valence-corrected chi connectivity index (χ4v) is 6.63. The van der Waals surface area contributed by atoms with Crippen LogP contribution in [0.4, 0.5) is 21.3 Å². The number of carbonyl (C=O) groups is 2. The summed E-state index contributed by atoms with van der Waals surface area (Å²) >= 11 is 2.60. The number of ether oxygens (including phenoxy) is 1. The third-order valence-corrected chi connectivity index (χ3v) is 8.77. The molecule has 0 saturated carbocycles. The number of thiazole rings is 1. The van der Waals surface area contributed by atoms with Gasteiger partial charge < -0.3 is 19.9 Å². The molecule has 1 saturated heterocycles. The molecule has 1 amide bonds. The number of aromatic nitrogens is 5. The number of thioether (sulfide) groups is 1. The summed E-state index contributed by atoms with van der Waals surface area (Å²) in [6.45, 7) is 3.09. The van der Waals surface area contributed by atoms with E-state index >= 15 is 0 Å². The SMILES string of the molecule is COc1ccc(Cn2ncc3c2N(CCCN2CCSC(=O)C2=O)CCc2sc(Nc4ncc(F)cn4)nc2-3)cc1. The van der Waals surface area contributed by atoms with Crippen molar-refractivity contribution < 1.29 is 18.7 Å². The quantitative estimate of drug-likeness (QED) is 0.288. The molecule has 2 aliphatic rings. The van der Waals surface area contributed by atoms with Crippen molar-refractivity contribution in [2.75, 3.05) is 49.3 Å². The number of methoxy groups -OCH3 is 1. The zero-order valence-corrected chi connectivity index (χ0v) is 23.9. The van der Waals surface area contributed by atoms with Gasteiger partial charge in [0.2, 0.25) is 5.95 Å². The molecule has 3 aromatic heterocycles. The minimum absolute atomic E-state index is 0.275. The van der Waals surface area contributed by atoms with Crippen LogP contribution >= 0.6 is 23.1 Å². The second kappa shape index (κ2) is 11.8. The van der Waals surface area contributed by atoms with Crippen LogP contribution in [0.1, 0.15) is 16.9 Å². The summed E-state index contributed by atoms with van der Waals surface area (Å²) in [5, 5.41) is 8.09. The first-order chi connectivity index (χ1) is 20.0. The van der Waals surface area contributed by atoms with Crippen molar-refractivity contribution in [3.05, 3.63) is 59.1 Å². The van der Waals surface area contributed by atoms with Crippen LogP contribution < -0.4 is 15.0 Å². The minimum Gasteiger partial charge on any atom is -0.497 e. The molecule has 0 spiro atoms. The molecule has 1 N–H and O–H groups in total. The van der Waals surface area contributed by atoms with Gasteiger partial charge in [-0.05, 0) is 24.1 Å². The zero-order chi connectivity index (χ0) is 28.3. The van der Waals surface area contributed by atoms with E-state index in [4.69, 9.17) is 14.8 Å².